The van der Waals surface area contributed by atoms with Gasteiger partial charge >= 0.3 is 12.1 Å². The molecule has 0 atom stereocenters. The van der Waals surface area contributed by atoms with E-state index in [0.29, 0.717) is 24.8 Å². The van der Waals surface area contributed by atoms with Gasteiger partial charge in [0.05, 0.1) is 12.5 Å². The van der Waals surface area contributed by atoms with Gasteiger partial charge in [-0.05, 0) is 38.5 Å². The van der Waals surface area contributed by atoms with Crippen LogP contribution in [0.2, 0.25) is 0 Å². The van der Waals surface area contributed by atoms with Crippen molar-refractivity contribution in [3.05, 3.63) is 0 Å². The lowest BCUT2D eigenvalue weighted by atomic mass is 9.84. The van der Waals surface area contributed by atoms with E-state index in [1.165, 1.54) is 0 Å². The maximum Gasteiger partial charge on any atom is 0.407 e. The molecule has 5 nitrogen and oxygen atoms in total. The predicted octanol–water partition coefficient (Wildman–Crippen LogP) is 2.46. The van der Waals surface area contributed by atoms with Crippen LogP contribution in [0, 0.1) is 5.92 Å². The Hall–Kier alpha value is -0.970. The summed E-state index contributed by atoms with van der Waals surface area (Å²) in [6.45, 7) is 2.47. The van der Waals surface area contributed by atoms with Crippen molar-refractivity contribution in [3.63, 3.8) is 0 Å². The van der Waals surface area contributed by atoms with Gasteiger partial charge in [0, 0.05) is 12.5 Å². The fourth-order valence-electron chi connectivity index (χ4n) is 2.31. The number of amides is 1. The second-order valence-corrected chi connectivity index (χ2v) is 5.07. The van der Waals surface area contributed by atoms with Crippen LogP contribution >= 0.6 is 11.6 Å². The quantitative estimate of drug-likeness (QED) is 0.603. The molecule has 1 saturated carbocycles. The van der Waals surface area contributed by atoms with Crippen LogP contribution in [0.15, 0.2) is 0 Å². The Bertz CT molecular complexity index is 290. The Kier molecular flexibility index (Phi) is 7.63. The molecule has 0 radical (unpaired) electrons. The summed E-state index contributed by atoms with van der Waals surface area (Å²) in [6, 6.07) is 0.140. The molecule has 0 spiro atoms. The third-order valence-corrected chi connectivity index (χ3v) is 3.39. The molecule has 1 amide bonds. The molecule has 0 heterocycles. The second kappa shape index (κ2) is 9.02. The van der Waals surface area contributed by atoms with Gasteiger partial charge in [0.25, 0.3) is 0 Å². The molecular weight excluding hydrogens is 270 g/mol. The highest BCUT2D eigenvalue weighted by molar-refractivity contribution is 6.18. The molecule has 0 aromatic rings. The molecule has 6 heteroatoms. The van der Waals surface area contributed by atoms with E-state index >= 15 is 0 Å². The van der Waals surface area contributed by atoms with Crippen molar-refractivity contribution in [2.75, 3.05) is 19.1 Å². The zero-order chi connectivity index (χ0) is 14.1. The number of rotatable bonds is 6. The zero-order valence-electron chi connectivity index (χ0n) is 11.3. The predicted molar refractivity (Wildman–Crippen MR) is 72.2 cm³/mol. The van der Waals surface area contributed by atoms with Crippen molar-refractivity contribution in [2.24, 2.45) is 5.92 Å². The summed E-state index contributed by atoms with van der Waals surface area (Å²) in [5.41, 5.74) is 0. The molecule has 1 aliphatic carbocycles. The molecule has 110 valence electrons. The van der Waals surface area contributed by atoms with E-state index in [9.17, 15) is 9.59 Å². The summed E-state index contributed by atoms with van der Waals surface area (Å²) in [5, 5.41) is 2.82. The highest BCUT2D eigenvalue weighted by Crippen LogP contribution is 2.27. The minimum absolute atomic E-state index is 0.125. The van der Waals surface area contributed by atoms with Gasteiger partial charge in [-0.15, -0.1) is 11.6 Å². The van der Waals surface area contributed by atoms with Gasteiger partial charge < -0.3 is 14.8 Å². The molecular formula is C13H22ClNO4. The van der Waals surface area contributed by atoms with Crippen molar-refractivity contribution in [1.29, 1.82) is 0 Å². The minimum Gasteiger partial charge on any atom is -0.466 e. The number of hydrogen-bond donors (Lipinski definition) is 1. The van der Waals surface area contributed by atoms with Gasteiger partial charge in [0.2, 0.25) is 0 Å². The van der Waals surface area contributed by atoms with Crippen LogP contribution in [0.25, 0.3) is 0 Å². The Balaban J connectivity index is 2.18. The topological polar surface area (TPSA) is 64.6 Å². The maximum atomic E-state index is 11.4. The van der Waals surface area contributed by atoms with Crippen LogP contribution in [0.3, 0.4) is 0 Å². The molecule has 1 rings (SSSR count). The molecule has 1 aliphatic rings. The van der Waals surface area contributed by atoms with Gasteiger partial charge in [0.1, 0.15) is 6.61 Å². The molecule has 0 bridgehead atoms. The third kappa shape index (κ3) is 6.66. The summed E-state index contributed by atoms with van der Waals surface area (Å²) >= 11 is 5.43. The van der Waals surface area contributed by atoms with Crippen LogP contribution in [0.5, 0.6) is 0 Å². The largest absolute Gasteiger partial charge is 0.466 e. The molecule has 0 saturated heterocycles. The van der Waals surface area contributed by atoms with Gasteiger partial charge in [-0.2, -0.15) is 0 Å². The highest BCUT2D eigenvalue weighted by Gasteiger charge is 2.24. The smallest absolute Gasteiger partial charge is 0.407 e. The number of alkyl halides is 1. The van der Waals surface area contributed by atoms with Crippen LogP contribution in [-0.2, 0) is 14.3 Å². The fourth-order valence-corrected chi connectivity index (χ4v) is 2.38. The monoisotopic (exact) mass is 291 g/mol. The molecule has 0 aromatic heterocycles. The Morgan fingerprint density at radius 1 is 1.21 bits per heavy atom. The van der Waals surface area contributed by atoms with Crippen molar-refractivity contribution < 1.29 is 19.1 Å². The van der Waals surface area contributed by atoms with Crippen LogP contribution < -0.4 is 5.32 Å². The molecule has 0 unspecified atom stereocenters. The van der Waals surface area contributed by atoms with E-state index < -0.39 is 6.09 Å². The van der Waals surface area contributed by atoms with Crippen molar-refractivity contribution in [2.45, 2.75) is 45.1 Å². The van der Waals surface area contributed by atoms with Crippen LogP contribution in [0.1, 0.15) is 39.0 Å². The first-order valence-electron chi connectivity index (χ1n) is 6.80. The average molecular weight is 292 g/mol. The summed E-state index contributed by atoms with van der Waals surface area (Å²) < 4.78 is 9.80. The molecule has 19 heavy (non-hydrogen) atoms. The summed E-state index contributed by atoms with van der Waals surface area (Å²) in [6.07, 6.45) is 3.69. The van der Waals surface area contributed by atoms with E-state index in [-0.39, 0.29) is 18.6 Å². The van der Waals surface area contributed by atoms with E-state index in [1.54, 1.807) is 0 Å². The Labute approximate surface area is 119 Å². The Morgan fingerprint density at radius 3 is 2.47 bits per heavy atom. The average Bonchev–Trinajstić information content (AvgIpc) is 2.39. The highest BCUT2D eigenvalue weighted by atomic mass is 35.5. The lowest BCUT2D eigenvalue weighted by Crippen LogP contribution is -2.38. The second-order valence-electron chi connectivity index (χ2n) is 4.70. The molecule has 0 aromatic carbocycles. The summed E-state index contributed by atoms with van der Waals surface area (Å²) in [7, 11) is 0. The molecule has 1 fully saturated rings. The number of carbonyl (C=O) groups excluding carboxylic acids is 2. The van der Waals surface area contributed by atoms with E-state index in [1.807, 2.05) is 6.92 Å². The van der Waals surface area contributed by atoms with E-state index in [2.05, 4.69) is 5.32 Å². The van der Waals surface area contributed by atoms with Gasteiger partial charge in [0.15, 0.2) is 0 Å². The standard InChI is InChI=1S/C13H22ClNO4/c1-2-18-12(16)9-10-3-5-11(6-4-10)15-13(17)19-8-7-14/h10-11H,2-9H2,1H3,(H,15,17)/t10-,11-. The normalized spacial score (nSPS) is 22.6. The first kappa shape index (κ1) is 16.1. The van der Waals surface area contributed by atoms with Gasteiger partial charge in [-0.1, -0.05) is 0 Å². The van der Waals surface area contributed by atoms with Gasteiger partial charge in [-0.25, -0.2) is 4.79 Å². The van der Waals surface area contributed by atoms with E-state index in [4.69, 9.17) is 21.1 Å². The Morgan fingerprint density at radius 2 is 1.89 bits per heavy atom. The number of alkyl carbamates (subject to hydrolysis) is 1. The molecule has 0 aliphatic heterocycles. The number of nitrogens with one attached hydrogen (secondary N) is 1. The van der Waals surface area contributed by atoms with Crippen molar-refractivity contribution in [3.8, 4) is 0 Å². The number of carbonyl (C=O) groups is 2. The lowest BCUT2D eigenvalue weighted by molar-refractivity contribution is -0.144. The number of esters is 1. The van der Waals surface area contributed by atoms with Crippen LogP contribution in [-0.4, -0.2) is 37.2 Å². The van der Waals surface area contributed by atoms with Crippen molar-refractivity contribution in [1.82, 2.24) is 5.32 Å². The van der Waals surface area contributed by atoms with Gasteiger partial charge in [-0.3, -0.25) is 4.79 Å². The zero-order valence-corrected chi connectivity index (χ0v) is 12.1. The SMILES string of the molecule is CCOC(=O)C[C@H]1CC[C@H](NC(=O)OCCCl)CC1. The lowest BCUT2D eigenvalue weighted by Gasteiger charge is -2.28. The van der Waals surface area contributed by atoms with E-state index in [0.717, 1.165) is 25.7 Å². The first-order valence-corrected chi connectivity index (χ1v) is 7.34. The maximum absolute atomic E-state index is 11.4. The number of hydrogen-bond acceptors (Lipinski definition) is 4. The summed E-state index contributed by atoms with van der Waals surface area (Å²) in [4.78, 5) is 22.7. The minimum atomic E-state index is -0.408. The van der Waals surface area contributed by atoms with Crippen LogP contribution in [0.4, 0.5) is 4.79 Å². The first-order chi connectivity index (χ1) is 9.15. The fraction of sp³-hybridized carbons (Fsp3) is 0.846. The van der Waals surface area contributed by atoms with Crippen molar-refractivity contribution >= 4 is 23.7 Å². The number of ether oxygens (including phenoxy) is 2. The summed E-state index contributed by atoms with van der Waals surface area (Å²) in [5.74, 6) is 0.552. The molecule has 1 N–H and O–H groups in total. The number of halogens is 1. The third-order valence-electron chi connectivity index (χ3n) is 3.24.